The van der Waals surface area contributed by atoms with Crippen molar-refractivity contribution in [3.8, 4) is 0 Å². The third kappa shape index (κ3) is 5.47. The van der Waals surface area contributed by atoms with Crippen molar-refractivity contribution in [1.29, 1.82) is 0 Å². The molecule has 2 rings (SSSR count). The first-order chi connectivity index (χ1) is 9.76. The van der Waals surface area contributed by atoms with Crippen molar-refractivity contribution in [3.63, 3.8) is 0 Å². The molecule has 0 radical (unpaired) electrons. The predicted octanol–water partition coefficient (Wildman–Crippen LogP) is 2.45. The molecule has 1 aliphatic heterocycles. The second kappa shape index (κ2) is 6.53. The summed E-state index contributed by atoms with van der Waals surface area (Å²) in [6.07, 6.45) is 4.05. The fourth-order valence-corrected chi connectivity index (χ4v) is 2.92. The van der Waals surface area contributed by atoms with Crippen LogP contribution >= 0.6 is 0 Å². The zero-order valence-electron chi connectivity index (χ0n) is 13.8. The maximum Gasteiger partial charge on any atom is 0.407 e. The average Bonchev–Trinajstić information content (AvgIpc) is 2.32. The van der Waals surface area contributed by atoms with Crippen molar-refractivity contribution in [2.45, 2.75) is 71.1 Å². The van der Waals surface area contributed by atoms with Gasteiger partial charge in [0.2, 0.25) is 0 Å². The molecule has 0 spiro atoms. The topological polar surface area (TPSA) is 59.6 Å². The van der Waals surface area contributed by atoms with E-state index >= 15 is 0 Å². The number of hydrogen-bond donors (Lipinski definition) is 2. The molecule has 1 saturated carbocycles. The van der Waals surface area contributed by atoms with Crippen LogP contribution in [0.25, 0.3) is 0 Å². The summed E-state index contributed by atoms with van der Waals surface area (Å²) >= 11 is 0. The molecule has 2 aliphatic rings. The lowest BCUT2D eigenvalue weighted by atomic mass is 9.86. The molecular formula is C16H30N2O3. The van der Waals surface area contributed by atoms with Gasteiger partial charge in [0.1, 0.15) is 5.60 Å². The van der Waals surface area contributed by atoms with Crippen LogP contribution in [0.1, 0.15) is 53.4 Å². The molecule has 2 unspecified atom stereocenters. The number of alkyl carbamates (subject to hydrolysis) is 1. The van der Waals surface area contributed by atoms with E-state index in [0.717, 1.165) is 39.0 Å². The summed E-state index contributed by atoms with van der Waals surface area (Å²) in [7, 11) is 0. The van der Waals surface area contributed by atoms with Crippen LogP contribution in [0.4, 0.5) is 4.79 Å². The van der Waals surface area contributed by atoms with Crippen molar-refractivity contribution in [1.82, 2.24) is 10.6 Å². The summed E-state index contributed by atoms with van der Waals surface area (Å²) in [5.74, 6) is 0. The first-order valence-electron chi connectivity index (χ1n) is 8.06. The Hall–Kier alpha value is -0.810. The molecule has 2 atom stereocenters. The normalized spacial score (nSPS) is 28.6. The Kier molecular flexibility index (Phi) is 5.15. The highest BCUT2D eigenvalue weighted by atomic mass is 16.6. The Bertz CT molecular complexity index is 361. The van der Waals surface area contributed by atoms with Gasteiger partial charge in [0, 0.05) is 24.0 Å². The number of rotatable bonds is 4. The van der Waals surface area contributed by atoms with Crippen LogP contribution in [0.5, 0.6) is 0 Å². The number of carbonyl (C=O) groups is 1. The lowest BCUT2D eigenvalue weighted by Gasteiger charge is -2.40. The van der Waals surface area contributed by atoms with Gasteiger partial charge in [0.25, 0.3) is 0 Å². The van der Waals surface area contributed by atoms with Gasteiger partial charge in [-0.25, -0.2) is 4.79 Å². The second-order valence-electron chi connectivity index (χ2n) is 7.89. The highest BCUT2D eigenvalue weighted by Gasteiger charge is 2.34. The van der Waals surface area contributed by atoms with Gasteiger partial charge in [-0.2, -0.15) is 0 Å². The minimum atomic E-state index is -0.435. The van der Waals surface area contributed by atoms with Gasteiger partial charge < -0.3 is 20.1 Å². The van der Waals surface area contributed by atoms with Crippen LogP contribution in [0.3, 0.4) is 0 Å². The number of carbonyl (C=O) groups excluding carboxylic acids is 1. The number of ether oxygens (including phenoxy) is 2. The number of nitrogens with one attached hydrogen (secondary N) is 2. The molecule has 0 aromatic heterocycles. The quantitative estimate of drug-likeness (QED) is 0.837. The molecule has 21 heavy (non-hydrogen) atoms. The summed E-state index contributed by atoms with van der Waals surface area (Å²) in [6, 6.07) is 0.702. The Balaban J connectivity index is 1.71. The van der Waals surface area contributed by atoms with Crippen LogP contribution in [0.2, 0.25) is 0 Å². The van der Waals surface area contributed by atoms with Crippen LogP contribution in [-0.2, 0) is 9.47 Å². The van der Waals surface area contributed by atoms with Crippen molar-refractivity contribution in [3.05, 3.63) is 0 Å². The van der Waals surface area contributed by atoms with E-state index in [2.05, 4.69) is 17.6 Å². The summed E-state index contributed by atoms with van der Waals surface area (Å²) in [4.78, 5) is 11.8. The van der Waals surface area contributed by atoms with Gasteiger partial charge in [-0.05, 0) is 46.5 Å². The predicted molar refractivity (Wildman–Crippen MR) is 82.3 cm³/mol. The monoisotopic (exact) mass is 298 g/mol. The third-order valence-corrected chi connectivity index (χ3v) is 4.11. The zero-order valence-corrected chi connectivity index (χ0v) is 13.8. The van der Waals surface area contributed by atoms with Gasteiger partial charge in [-0.15, -0.1) is 0 Å². The fraction of sp³-hybridized carbons (Fsp3) is 0.938. The smallest absolute Gasteiger partial charge is 0.407 e. The number of amides is 1. The Labute approximate surface area is 128 Å². The van der Waals surface area contributed by atoms with Crippen molar-refractivity contribution >= 4 is 6.09 Å². The highest BCUT2D eigenvalue weighted by Crippen LogP contribution is 2.26. The fourth-order valence-electron chi connectivity index (χ4n) is 2.92. The molecule has 5 nitrogen and oxygen atoms in total. The van der Waals surface area contributed by atoms with Crippen molar-refractivity contribution in [2.24, 2.45) is 5.41 Å². The average molecular weight is 298 g/mol. The summed E-state index contributed by atoms with van der Waals surface area (Å²) in [5, 5.41) is 6.65. The summed E-state index contributed by atoms with van der Waals surface area (Å²) in [6.45, 7) is 10.6. The standard InChI is InChI=1S/C16H30N2O3/c1-15(2,3)21-14(19)18-13-7-5-6-12(8-13)17-9-16(4)10-20-11-16/h12-13,17H,5-11H2,1-4H3,(H,18,19). The molecule has 1 aliphatic carbocycles. The molecule has 0 aromatic carbocycles. The molecule has 1 saturated heterocycles. The molecule has 1 heterocycles. The lowest BCUT2D eigenvalue weighted by Crippen LogP contribution is -2.52. The second-order valence-corrected chi connectivity index (χ2v) is 7.89. The lowest BCUT2D eigenvalue weighted by molar-refractivity contribution is -0.100. The minimum Gasteiger partial charge on any atom is -0.444 e. The molecule has 5 heteroatoms. The SMILES string of the molecule is CC1(CNC2CCCC(NC(=O)OC(C)(C)C)C2)COC1. The molecule has 2 N–H and O–H groups in total. The van der Waals surface area contributed by atoms with E-state index in [0.29, 0.717) is 11.5 Å². The van der Waals surface area contributed by atoms with Gasteiger partial charge in [-0.1, -0.05) is 6.92 Å². The van der Waals surface area contributed by atoms with Crippen LogP contribution in [0, 0.1) is 5.41 Å². The van der Waals surface area contributed by atoms with E-state index in [1.165, 1.54) is 6.42 Å². The van der Waals surface area contributed by atoms with E-state index < -0.39 is 5.60 Å². The van der Waals surface area contributed by atoms with Gasteiger partial charge >= 0.3 is 6.09 Å². The van der Waals surface area contributed by atoms with Crippen LogP contribution in [-0.4, -0.2) is 43.5 Å². The Morgan fingerprint density at radius 1 is 1.29 bits per heavy atom. The van der Waals surface area contributed by atoms with Crippen molar-refractivity contribution < 1.29 is 14.3 Å². The van der Waals surface area contributed by atoms with E-state index in [9.17, 15) is 4.79 Å². The summed E-state index contributed by atoms with van der Waals surface area (Å²) < 4.78 is 10.6. The maximum absolute atomic E-state index is 11.8. The van der Waals surface area contributed by atoms with Crippen molar-refractivity contribution in [2.75, 3.05) is 19.8 Å². The third-order valence-electron chi connectivity index (χ3n) is 4.11. The summed E-state index contributed by atoms with van der Waals surface area (Å²) in [5.41, 5.74) is -0.138. The molecule has 1 amide bonds. The minimum absolute atomic E-state index is 0.219. The molecule has 122 valence electrons. The first-order valence-corrected chi connectivity index (χ1v) is 8.06. The molecular weight excluding hydrogens is 268 g/mol. The molecule has 0 aromatic rings. The van der Waals surface area contributed by atoms with Crippen LogP contribution < -0.4 is 10.6 Å². The van der Waals surface area contributed by atoms with Gasteiger partial charge in [0.05, 0.1) is 13.2 Å². The Morgan fingerprint density at radius 2 is 1.95 bits per heavy atom. The highest BCUT2D eigenvalue weighted by molar-refractivity contribution is 5.68. The van der Waals surface area contributed by atoms with Gasteiger partial charge in [-0.3, -0.25) is 0 Å². The first kappa shape index (κ1) is 16.6. The molecule has 0 bridgehead atoms. The van der Waals surface area contributed by atoms with E-state index in [1.54, 1.807) is 0 Å². The number of hydrogen-bond acceptors (Lipinski definition) is 4. The maximum atomic E-state index is 11.8. The van der Waals surface area contributed by atoms with Gasteiger partial charge in [0.15, 0.2) is 0 Å². The van der Waals surface area contributed by atoms with Crippen LogP contribution in [0.15, 0.2) is 0 Å². The van der Waals surface area contributed by atoms with E-state index in [1.807, 2.05) is 20.8 Å². The zero-order chi connectivity index (χ0) is 15.5. The largest absolute Gasteiger partial charge is 0.444 e. The Morgan fingerprint density at radius 3 is 2.52 bits per heavy atom. The van der Waals surface area contributed by atoms with E-state index in [-0.39, 0.29) is 12.1 Å². The van der Waals surface area contributed by atoms with E-state index in [4.69, 9.17) is 9.47 Å². The molecule has 2 fully saturated rings.